The summed E-state index contributed by atoms with van der Waals surface area (Å²) in [5, 5.41) is 0. The summed E-state index contributed by atoms with van der Waals surface area (Å²) < 4.78 is 45.6. The van der Waals surface area contributed by atoms with Crippen molar-refractivity contribution in [2.45, 2.75) is 6.61 Å². The van der Waals surface area contributed by atoms with Crippen molar-refractivity contribution in [3.8, 4) is 17.0 Å². The van der Waals surface area contributed by atoms with Gasteiger partial charge < -0.3 is 9.72 Å². The molecule has 1 N–H and O–H groups in total. The van der Waals surface area contributed by atoms with E-state index in [4.69, 9.17) is 4.74 Å². The molecule has 0 saturated heterocycles. The van der Waals surface area contributed by atoms with Gasteiger partial charge in [-0.1, -0.05) is 0 Å². The van der Waals surface area contributed by atoms with Crippen LogP contribution in [0.15, 0.2) is 42.7 Å². The molecular weight excluding hydrogens is 295 g/mol. The molecule has 7 heteroatoms. The fraction of sp³-hybridized carbons (Fsp3) is 0.0667. The van der Waals surface area contributed by atoms with Gasteiger partial charge in [-0.15, -0.1) is 0 Å². The Labute approximate surface area is 123 Å². The zero-order valence-electron chi connectivity index (χ0n) is 11.2. The third kappa shape index (κ3) is 3.08. The first kappa shape index (κ1) is 14.1. The van der Waals surface area contributed by atoms with Crippen LogP contribution in [0.4, 0.5) is 13.2 Å². The van der Waals surface area contributed by atoms with E-state index in [1.807, 2.05) is 0 Å². The smallest absolute Gasteiger partial charge is 0.217 e. The summed E-state index contributed by atoms with van der Waals surface area (Å²) in [4.78, 5) is 10.4. The molecule has 3 rings (SSSR count). The van der Waals surface area contributed by atoms with Gasteiger partial charge in [0, 0.05) is 36.2 Å². The van der Waals surface area contributed by atoms with E-state index in [1.54, 1.807) is 12.4 Å². The topological polar surface area (TPSA) is 50.8 Å². The lowest BCUT2D eigenvalue weighted by atomic mass is 10.1. The summed E-state index contributed by atoms with van der Waals surface area (Å²) in [6, 6.07) is 5.44. The number of nitrogens with zero attached hydrogens (tertiary/aromatic N) is 2. The van der Waals surface area contributed by atoms with E-state index < -0.39 is 17.6 Å². The molecule has 0 radical (unpaired) electrons. The maximum atomic E-state index is 13.8. The number of nitrogens with one attached hydrogen (secondary N) is 1. The van der Waals surface area contributed by atoms with Crippen molar-refractivity contribution in [1.82, 2.24) is 15.0 Å². The lowest BCUT2D eigenvalue weighted by Crippen LogP contribution is -2.00. The predicted octanol–water partition coefficient (Wildman–Crippen LogP) is 3.47. The average Bonchev–Trinajstić information content (AvgIpc) is 2.98. The van der Waals surface area contributed by atoms with Gasteiger partial charge in [0.25, 0.3) is 0 Å². The Morgan fingerprint density at radius 1 is 1.09 bits per heavy atom. The van der Waals surface area contributed by atoms with E-state index in [1.165, 1.54) is 12.1 Å². The minimum absolute atomic E-state index is 0.0104. The number of imidazole rings is 1. The lowest BCUT2D eigenvalue weighted by Gasteiger charge is -2.08. The van der Waals surface area contributed by atoms with Gasteiger partial charge in [0.2, 0.25) is 5.95 Å². The number of aromatic nitrogens is 3. The van der Waals surface area contributed by atoms with Crippen LogP contribution in [0.2, 0.25) is 0 Å². The quantitative estimate of drug-likeness (QED) is 0.751. The standard InChI is InChI=1S/C15H10F3N3O/c16-9-1-2-11(12(17)5-9)13-6-10(7-14(18)21-13)22-8-15-19-3-4-20-15/h1-7H,8H2,(H,19,20). The number of pyridine rings is 1. The third-order valence-electron chi connectivity index (χ3n) is 2.91. The third-order valence-corrected chi connectivity index (χ3v) is 2.91. The van der Waals surface area contributed by atoms with Gasteiger partial charge in [0.1, 0.15) is 29.8 Å². The highest BCUT2D eigenvalue weighted by Crippen LogP contribution is 2.26. The number of rotatable bonds is 4. The first-order valence-electron chi connectivity index (χ1n) is 6.36. The largest absolute Gasteiger partial charge is 0.485 e. The second kappa shape index (κ2) is 5.88. The van der Waals surface area contributed by atoms with Crippen LogP contribution in [0, 0.1) is 17.6 Å². The highest BCUT2D eigenvalue weighted by molar-refractivity contribution is 5.61. The molecule has 4 nitrogen and oxygen atoms in total. The second-order valence-electron chi connectivity index (χ2n) is 4.46. The van der Waals surface area contributed by atoms with Gasteiger partial charge in [-0.2, -0.15) is 4.39 Å². The van der Waals surface area contributed by atoms with Crippen LogP contribution in [0.1, 0.15) is 5.82 Å². The molecule has 112 valence electrons. The van der Waals surface area contributed by atoms with Crippen LogP contribution in [-0.2, 0) is 6.61 Å². The Kier molecular flexibility index (Phi) is 3.78. The molecule has 0 amide bonds. The molecule has 0 atom stereocenters. The molecule has 1 aromatic carbocycles. The average molecular weight is 305 g/mol. The maximum absolute atomic E-state index is 13.8. The fourth-order valence-corrected chi connectivity index (χ4v) is 1.92. The van der Waals surface area contributed by atoms with E-state index in [0.29, 0.717) is 11.9 Å². The van der Waals surface area contributed by atoms with Crippen LogP contribution < -0.4 is 4.74 Å². The second-order valence-corrected chi connectivity index (χ2v) is 4.46. The molecule has 0 aliphatic carbocycles. The van der Waals surface area contributed by atoms with Gasteiger partial charge in [-0.3, -0.25) is 0 Å². The molecule has 22 heavy (non-hydrogen) atoms. The van der Waals surface area contributed by atoms with Crippen molar-refractivity contribution >= 4 is 0 Å². The maximum Gasteiger partial charge on any atom is 0.217 e. The zero-order chi connectivity index (χ0) is 15.5. The Bertz CT molecular complexity index is 791. The van der Waals surface area contributed by atoms with Crippen molar-refractivity contribution in [3.05, 3.63) is 66.1 Å². The lowest BCUT2D eigenvalue weighted by molar-refractivity contribution is 0.295. The summed E-state index contributed by atoms with van der Waals surface area (Å²) in [6.45, 7) is 0.0990. The van der Waals surface area contributed by atoms with Crippen LogP contribution in [0.5, 0.6) is 5.75 Å². The van der Waals surface area contributed by atoms with Crippen molar-refractivity contribution < 1.29 is 17.9 Å². The first-order valence-corrected chi connectivity index (χ1v) is 6.36. The minimum Gasteiger partial charge on any atom is -0.485 e. The molecule has 3 aromatic rings. The van der Waals surface area contributed by atoms with E-state index >= 15 is 0 Å². The predicted molar refractivity (Wildman–Crippen MR) is 72.5 cm³/mol. The molecule has 0 aliphatic heterocycles. The van der Waals surface area contributed by atoms with Gasteiger partial charge in [-0.25, -0.2) is 18.7 Å². The molecule has 2 heterocycles. The number of H-pyrrole nitrogens is 1. The molecule has 0 fully saturated rings. The highest BCUT2D eigenvalue weighted by atomic mass is 19.1. The van der Waals surface area contributed by atoms with Crippen LogP contribution in [0.25, 0.3) is 11.3 Å². The fourth-order valence-electron chi connectivity index (χ4n) is 1.92. The molecule has 0 bridgehead atoms. The van der Waals surface area contributed by atoms with Gasteiger partial charge >= 0.3 is 0 Å². The van der Waals surface area contributed by atoms with Crippen molar-refractivity contribution in [1.29, 1.82) is 0 Å². The zero-order valence-corrected chi connectivity index (χ0v) is 11.2. The van der Waals surface area contributed by atoms with E-state index in [2.05, 4.69) is 15.0 Å². The molecule has 2 aromatic heterocycles. The van der Waals surface area contributed by atoms with E-state index in [0.717, 1.165) is 12.1 Å². The number of benzene rings is 1. The first-order chi connectivity index (χ1) is 10.6. The number of hydrogen-bond acceptors (Lipinski definition) is 3. The number of hydrogen-bond donors (Lipinski definition) is 1. The SMILES string of the molecule is Fc1ccc(-c2cc(OCc3ncc[nH]3)cc(F)n2)c(F)c1. The van der Waals surface area contributed by atoms with Crippen molar-refractivity contribution in [3.63, 3.8) is 0 Å². The van der Waals surface area contributed by atoms with Crippen LogP contribution in [0.3, 0.4) is 0 Å². The van der Waals surface area contributed by atoms with Crippen LogP contribution >= 0.6 is 0 Å². The van der Waals surface area contributed by atoms with Crippen molar-refractivity contribution in [2.75, 3.05) is 0 Å². The van der Waals surface area contributed by atoms with Crippen molar-refractivity contribution in [2.24, 2.45) is 0 Å². The Hall–Kier alpha value is -2.83. The monoisotopic (exact) mass is 305 g/mol. The summed E-state index contributed by atoms with van der Waals surface area (Å²) in [6.07, 6.45) is 3.19. The summed E-state index contributed by atoms with van der Waals surface area (Å²) >= 11 is 0. The minimum atomic E-state index is -0.824. The number of aromatic amines is 1. The molecule has 0 aliphatic rings. The molecule has 0 spiro atoms. The Morgan fingerprint density at radius 2 is 1.95 bits per heavy atom. The molecule has 0 saturated carbocycles. The van der Waals surface area contributed by atoms with Gasteiger partial charge in [-0.05, 0) is 12.1 Å². The Morgan fingerprint density at radius 3 is 2.68 bits per heavy atom. The van der Waals surface area contributed by atoms with Crippen LogP contribution in [-0.4, -0.2) is 15.0 Å². The Balaban J connectivity index is 1.89. The number of halogens is 3. The molecular formula is C15H10F3N3O. The summed E-state index contributed by atoms with van der Waals surface area (Å²) in [5.41, 5.74) is 0.00990. The normalized spacial score (nSPS) is 10.7. The van der Waals surface area contributed by atoms with E-state index in [9.17, 15) is 13.2 Å². The van der Waals surface area contributed by atoms with E-state index in [-0.39, 0.29) is 23.6 Å². The summed E-state index contributed by atoms with van der Waals surface area (Å²) in [5.74, 6) is -1.63. The van der Waals surface area contributed by atoms with Gasteiger partial charge in [0.05, 0.1) is 5.69 Å². The highest BCUT2D eigenvalue weighted by Gasteiger charge is 2.11. The van der Waals surface area contributed by atoms with Gasteiger partial charge in [0.15, 0.2) is 0 Å². The summed E-state index contributed by atoms with van der Waals surface area (Å²) in [7, 11) is 0. The number of ether oxygens (including phenoxy) is 1. The molecule has 0 unspecified atom stereocenters.